The normalized spacial score (nSPS) is 10.8. The van der Waals surface area contributed by atoms with Gasteiger partial charge in [0, 0.05) is 0 Å². The summed E-state index contributed by atoms with van der Waals surface area (Å²) >= 11 is 0. The van der Waals surface area contributed by atoms with Gasteiger partial charge in [-0.1, -0.05) is 24.3 Å². The van der Waals surface area contributed by atoms with Gasteiger partial charge in [0.25, 0.3) is 0 Å². The van der Waals surface area contributed by atoms with Crippen molar-refractivity contribution >= 4 is 19.8 Å². The van der Waals surface area contributed by atoms with Crippen LogP contribution in [0.2, 0.25) is 0 Å². The van der Waals surface area contributed by atoms with Crippen LogP contribution in [0.4, 0.5) is 0 Å². The third kappa shape index (κ3) is 4.09. The molecule has 2 aromatic rings. The number of aromatic carboxylic acids is 2. The Kier molecular flexibility index (Phi) is 4.68. The summed E-state index contributed by atoms with van der Waals surface area (Å²) in [6, 6.07) is 10.4. The molecule has 0 aromatic heterocycles. The predicted molar refractivity (Wildman–Crippen MR) is 77.9 cm³/mol. The van der Waals surface area contributed by atoms with E-state index < -0.39 is 19.8 Å². The number of benzene rings is 2. The smallest absolute Gasteiger partial charge is 0.478 e. The molecule has 0 saturated heterocycles. The second-order valence-electron chi connectivity index (χ2n) is 4.25. The van der Waals surface area contributed by atoms with Crippen molar-refractivity contribution in [2.24, 2.45) is 0 Å². The summed E-state index contributed by atoms with van der Waals surface area (Å²) < 4.78 is 21.5. The molecule has 0 spiro atoms. The number of phosphoric acid groups is 1. The predicted octanol–water partition coefficient (Wildman–Crippen LogP) is 2.64. The largest absolute Gasteiger partial charge is 0.584 e. The Balaban J connectivity index is 2.29. The van der Waals surface area contributed by atoms with Crippen molar-refractivity contribution in [1.29, 1.82) is 0 Å². The average molecular weight is 338 g/mol. The first-order valence-corrected chi connectivity index (χ1v) is 7.66. The number of hydrogen-bond acceptors (Lipinski definition) is 5. The Morgan fingerprint density at radius 3 is 1.48 bits per heavy atom. The number of carboxylic acids is 2. The van der Waals surface area contributed by atoms with Gasteiger partial charge in [0.1, 0.15) is 22.6 Å². The molecular formula is C14H11O8P. The molecule has 0 amide bonds. The summed E-state index contributed by atoms with van der Waals surface area (Å²) in [6.07, 6.45) is 0. The molecule has 0 radical (unpaired) electrons. The van der Waals surface area contributed by atoms with Crippen molar-refractivity contribution < 1.29 is 38.3 Å². The number of carboxylic acid groups (broad SMARTS) is 2. The molecule has 0 aliphatic heterocycles. The van der Waals surface area contributed by atoms with Gasteiger partial charge < -0.3 is 19.3 Å². The number of rotatable bonds is 6. The monoisotopic (exact) mass is 338 g/mol. The van der Waals surface area contributed by atoms with Crippen molar-refractivity contribution in [2.45, 2.75) is 0 Å². The molecule has 0 atom stereocenters. The van der Waals surface area contributed by atoms with Gasteiger partial charge in [0.15, 0.2) is 0 Å². The van der Waals surface area contributed by atoms with E-state index in [1.54, 1.807) is 0 Å². The van der Waals surface area contributed by atoms with Gasteiger partial charge in [-0.3, -0.25) is 4.89 Å². The van der Waals surface area contributed by atoms with Crippen LogP contribution < -0.4 is 9.05 Å². The Hall–Kier alpha value is -2.83. The zero-order chi connectivity index (χ0) is 17.0. The SMILES string of the molecule is O=C(O)c1ccccc1OP(=O)(O)Oc1ccccc1C(=O)O. The second kappa shape index (κ2) is 6.51. The molecule has 0 heterocycles. The highest BCUT2D eigenvalue weighted by atomic mass is 31.2. The summed E-state index contributed by atoms with van der Waals surface area (Å²) in [5, 5.41) is 18.0. The van der Waals surface area contributed by atoms with Crippen molar-refractivity contribution in [3.05, 3.63) is 59.7 Å². The van der Waals surface area contributed by atoms with Crippen LogP contribution in [-0.4, -0.2) is 27.0 Å². The maximum Gasteiger partial charge on any atom is 0.584 e. The zero-order valence-corrected chi connectivity index (χ0v) is 12.3. The minimum Gasteiger partial charge on any atom is -0.478 e. The molecule has 3 N–H and O–H groups in total. The van der Waals surface area contributed by atoms with Gasteiger partial charge >= 0.3 is 19.8 Å². The molecule has 2 rings (SSSR count). The van der Waals surface area contributed by atoms with Crippen molar-refractivity contribution in [3.8, 4) is 11.5 Å². The quantitative estimate of drug-likeness (QED) is 0.685. The lowest BCUT2D eigenvalue weighted by Crippen LogP contribution is -2.07. The minimum atomic E-state index is -4.80. The zero-order valence-electron chi connectivity index (χ0n) is 11.4. The van der Waals surface area contributed by atoms with E-state index in [0.717, 1.165) is 0 Å². The maximum absolute atomic E-state index is 12.0. The van der Waals surface area contributed by atoms with Gasteiger partial charge in [-0.05, 0) is 24.3 Å². The Labute approximate surface area is 130 Å². The van der Waals surface area contributed by atoms with Crippen LogP contribution in [0.25, 0.3) is 0 Å². The number of phosphoric ester groups is 1. The highest BCUT2D eigenvalue weighted by Gasteiger charge is 2.29. The van der Waals surface area contributed by atoms with Crippen LogP contribution in [-0.2, 0) is 4.57 Å². The van der Waals surface area contributed by atoms with E-state index in [-0.39, 0.29) is 22.6 Å². The fourth-order valence-corrected chi connectivity index (χ4v) is 2.57. The van der Waals surface area contributed by atoms with Crippen LogP contribution >= 0.6 is 7.82 Å². The van der Waals surface area contributed by atoms with Crippen molar-refractivity contribution in [1.82, 2.24) is 0 Å². The summed E-state index contributed by atoms with van der Waals surface area (Å²) in [5.41, 5.74) is -0.672. The summed E-state index contributed by atoms with van der Waals surface area (Å²) in [7, 11) is -4.80. The van der Waals surface area contributed by atoms with Crippen molar-refractivity contribution in [2.75, 3.05) is 0 Å². The summed E-state index contributed by atoms with van der Waals surface area (Å²) in [4.78, 5) is 31.8. The molecule has 23 heavy (non-hydrogen) atoms. The first-order chi connectivity index (χ1) is 10.8. The van der Waals surface area contributed by atoms with E-state index in [9.17, 15) is 19.0 Å². The lowest BCUT2D eigenvalue weighted by atomic mass is 10.2. The van der Waals surface area contributed by atoms with Crippen LogP contribution in [0.5, 0.6) is 11.5 Å². The van der Waals surface area contributed by atoms with Crippen LogP contribution in [0, 0.1) is 0 Å². The Morgan fingerprint density at radius 1 is 0.783 bits per heavy atom. The molecule has 0 aliphatic rings. The number of para-hydroxylation sites is 2. The van der Waals surface area contributed by atoms with E-state index in [4.69, 9.17) is 19.3 Å². The highest BCUT2D eigenvalue weighted by Crippen LogP contribution is 2.46. The average Bonchev–Trinajstić information content (AvgIpc) is 2.47. The topological polar surface area (TPSA) is 130 Å². The van der Waals surface area contributed by atoms with E-state index in [0.29, 0.717) is 0 Å². The lowest BCUT2D eigenvalue weighted by Gasteiger charge is -2.16. The third-order valence-corrected chi connectivity index (χ3v) is 3.52. The molecule has 0 unspecified atom stereocenters. The van der Waals surface area contributed by atoms with E-state index in [1.165, 1.54) is 48.5 Å². The fourth-order valence-electron chi connectivity index (χ4n) is 1.71. The maximum atomic E-state index is 12.0. The third-order valence-electron chi connectivity index (χ3n) is 2.66. The van der Waals surface area contributed by atoms with Gasteiger partial charge in [-0.15, -0.1) is 0 Å². The van der Waals surface area contributed by atoms with E-state index in [2.05, 4.69) is 0 Å². The number of carbonyl (C=O) groups is 2. The molecule has 0 aliphatic carbocycles. The Bertz CT molecular complexity index is 737. The van der Waals surface area contributed by atoms with Crippen LogP contribution in [0.3, 0.4) is 0 Å². The van der Waals surface area contributed by atoms with Gasteiger partial charge in [0.2, 0.25) is 0 Å². The molecule has 0 saturated carbocycles. The molecule has 0 fully saturated rings. The molecule has 0 bridgehead atoms. The molecule has 8 nitrogen and oxygen atoms in total. The molecule has 120 valence electrons. The molecular weight excluding hydrogens is 327 g/mol. The Morgan fingerprint density at radius 2 is 1.13 bits per heavy atom. The summed E-state index contributed by atoms with van der Waals surface area (Å²) in [6.45, 7) is 0. The molecule has 2 aromatic carbocycles. The van der Waals surface area contributed by atoms with Crippen molar-refractivity contribution in [3.63, 3.8) is 0 Å². The summed E-state index contributed by atoms with van der Waals surface area (Å²) in [5.74, 6) is -3.46. The number of hydrogen-bond donors (Lipinski definition) is 3. The highest BCUT2D eigenvalue weighted by molar-refractivity contribution is 7.48. The van der Waals surface area contributed by atoms with Crippen LogP contribution in [0.1, 0.15) is 20.7 Å². The van der Waals surface area contributed by atoms with Gasteiger partial charge in [0.05, 0.1) is 0 Å². The first-order valence-electron chi connectivity index (χ1n) is 6.17. The van der Waals surface area contributed by atoms with Gasteiger partial charge in [-0.25, -0.2) is 14.2 Å². The second-order valence-corrected chi connectivity index (χ2v) is 5.56. The van der Waals surface area contributed by atoms with E-state index in [1.807, 2.05) is 0 Å². The van der Waals surface area contributed by atoms with E-state index >= 15 is 0 Å². The molecule has 9 heteroatoms. The van der Waals surface area contributed by atoms with Crippen LogP contribution in [0.15, 0.2) is 48.5 Å². The lowest BCUT2D eigenvalue weighted by molar-refractivity contribution is 0.0684. The standard InChI is InChI=1S/C14H11O8P/c15-13(16)9-5-1-3-7-11(9)21-23(19,20)22-12-8-4-2-6-10(12)14(17)18/h1-8H,(H,15,16)(H,17,18)(H,19,20). The fraction of sp³-hybridized carbons (Fsp3) is 0. The first kappa shape index (κ1) is 16.5. The van der Waals surface area contributed by atoms with Gasteiger partial charge in [-0.2, -0.15) is 0 Å². The minimum absolute atomic E-state index is 0.336.